The molecular formula is C14H13N3O2. The molecule has 0 amide bonds. The summed E-state index contributed by atoms with van der Waals surface area (Å²) in [5.74, 6) is -0.0408. The Kier molecular flexibility index (Phi) is 2.41. The summed E-state index contributed by atoms with van der Waals surface area (Å²) in [6.07, 6.45) is 0. The molecule has 0 unspecified atom stereocenters. The molecule has 0 aliphatic carbocycles. The number of hydrogen-bond donors (Lipinski definition) is 2. The number of ketones is 1. The van der Waals surface area contributed by atoms with Gasteiger partial charge in [0.2, 0.25) is 11.6 Å². The van der Waals surface area contributed by atoms with Crippen LogP contribution in [0.25, 0.3) is 11.1 Å². The average molecular weight is 255 g/mol. The molecule has 3 aromatic rings. The minimum atomic E-state index is -0.152. The summed E-state index contributed by atoms with van der Waals surface area (Å²) in [7, 11) is 0. The topological polar surface area (TPSA) is 84.9 Å². The van der Waals surface area contributed by atoms with Gasteiger partial charge < -0.3 is 10.2 Å². The van der Waals surface area contributed by atoms with Gasteiger partial charge in [-0.2, -0.15) is 0 Å². The third kappa shape index (κ3) is 1.71. The van der Waals surface area contributed by atoms with Crippen molar-refractivity contribution >= 4 is 22.8 Å². The molecule has 0 bridgehead atoms. The van der Waals surface area contributed by atoms with Crippen molar-refractivity contribution in [2.75, 3.05) is 5.73 Å². The van der Waals surface area contributed by atoms with Crippen LogP contribution >= 0.6 is 0 Å². The van der Waals surface area contributed by atoms with E-state index in [0.29, 0.717) is 22.2 Å². The highest BCUT2D eigenvalue weighted by Gasteiger charge is 2.23. The Morgan fingerprint density at radius 3 is 2.63 bits per heavy atom. The summed E-state index contributed by atoms with van der Waals surface area (Å²) in [5, 5.41) is 7.41. The van der Waals surface area contributed by atoms with Crippen LogP contribution < -0.4 is 5.73 Å². The van der Waals surface area contributed by atoms with Gasteiger partial charge in [0, 0.05) is 11.3 Å². The van der Waals surface area contributed by atoms with Crippen molar-refractivity contribution in [1.29, 1.82) is 0 Å². The van der Waals surface area contributed by atoms with Crippen LogP contribution in [0.3, 0.4) is 0 Å². The van der Waals surface area contributed by atoms with Crippen molar-refractivity contribution in [2.24, 2.45) is 0 Å². The maximum absolute atomic E-state index is 12.5. The zero-order chi connectivity index (χ0) is 13.6. The van der Waals surface area contributed by atoms with Gasteiger partial charge in [-0.3, -0.25) is 9.89 Å². The zero-order valence-corrected chi connectivity index (χ0v) is 10.7. The first-order chi connectivity index (χ1) is 9.08. The summed E-state index contributed by atoms with van der Waals surface area (Å²) in [5.41, 5.74) is 8.99. The summed E-state index contributed by atoms with van der Waals surface area (Å²) < 4.78 is 5.30. The first kappa shape index (κ1) is 11.5. The third-order valence-corrected chi connectivity index (χ3v) is 3.16. The number of aromatic nitrogens is 2. The first-order valence-electron chi connectivity index (χ1n) is 5.92. The predicted molar refractivity (Wildman–Crippen MR) is 72.1 cm³/mol. The molecule has 3 rings (SSSR count). The van der Waals surface area contributed by atoms with Gasteiger partial charge in [-0.25, -0.2) is 0 Å². The zero-order valence-electron chi connectivity index (χ0n) is 10.7. The number of carbonyl (C=O) groups is 1. The molecule has 5 nitrogen and oxygen atoms in total. The number of benzene rings is 1. The Morgan fingerprint density at radius 2 is 1.95 bits per heavy atom. The van der Waals surface area contributed by atoms with E-state index in [9.17, 15) is 4.79 Å². The molecule has 0 aliphatic heterocycles. The van der Waals surface area contributed by atoms with E-state index in [-0.39, 0.29) is 11.7 Å². The predicted octanol–water partition coefficient (Wildman–Crippen LogP) is 2.59. The molecular weight excluding hydrogens is 242 g/mol. The van der Waals surface area contributed by atoms with Gasteiger partial charge in [0.15, 0.2) is 5.78 Å². The normalized spacial score (nSPS) is 11.1. The van der Waals surface area contributed by atoms with E-state index in [4.69, 9.17) is 10.2 Å². The van der Waals surface area contributed by atoms with E-state index in [2.05, 4.69) is 10.2 Å². The van der Waals surface area contributed by atoms with Gasteiger partial charge in [-0.1, -0.05) is 29.8 Å². The number of anilines is 1. The number of rotatable bonds is 2. The minimum absolute atomic E-state index is 0.111. The van der Waals surface area contributed by atoms with Crippen molar-refractivity contribution < 1.29 is 9.21 Å². The van der Waals surface area contributed by atoms with Gasteiger partial charge in [0.05, 0.1) is 10.9 Å². The van der Waals surface area contributed by atoms with Gasteiger partial charge in [0.1, 0.15) is 0 Å². The average Bonchev–Trinajstić information content (AvgIpc) is 2.89. The summed E-state index contributed by atoms with van der Waals surface area (Å²) in [6.45, 7) is 3.80. The molecule has 96 valence electrons. The maximum atomic E-state index is 12.5. The highest BCUT2D eigenvalue weighted by atomic mass is 16.4. The number of nitrogens with one attached hydrogen (secondary N) is 1. The molecule has 0 fully saturated rings. The molecule has 0 aliphatic rings. The molecule has 3 N–H and O–H groups in total. The molecule has 1 aromatic carbocycles. The molecule has 0 saturated carbocycles. The second kappa shape index (κ2) is 3.98. The molecule has 2 aromatic heterocycles. The van der Waals surface area contributed by atoms with Crippen LogP contribution in [0.2, 0.25) is 0 Å². The molecule has 0 saturated heterocycles. The quantitative estimate of drug-likeness (QED) is 0.689. The summed E-state index contributed by atoms with van der Waals surface area (Å²) in [6, 6.07) is 7.35. The van der Waals surface area contributed by atoms with E-state index < -0.39 is 0 Å². The smallest absolute Gasteiger partial charge is 0.248 e. The van der Waals surface area contributed by atoms with Crippen LogP contribution in [0.4, 0.5) is 5.88 Å². The fourth-order valence-corrected chi connectivity index (χ4v) is 2.13. The number of nitrogens with zero attached hydrogens (tertiary/aromatic N) is 1. The van der Waals surface area contributed by atoms with Crippen molar-refractivity contribution in [1.82, 2.24) is 10.2 Å². The van der Waals surface area contributed by atoms with Gasteiger partial charge in [-0.15, -0.1) is 5.10 Å². The SMILES string of the molecule is Cc1ccc(C(=O)c2c(N)oc3n[nH]c(C)c23)cc1. The first-order valence-corrected chi connectivity index (χ1v) is 5.92. The number of furan rings is 1. The number of aryl methyl sites for hydroxylation is 2. The third-order valence-electron chi connectivity index (χ3n) is 3.16. The minimum Gasteiger partial charge on any atom is -0.420 e. The Bertz CT molecular complexity index is 766. The van der Waals surface area contributed by atoms with Crippen LogP contribution in [-0.4, -0.2) is 16.0 Å². The molecule has 5 heteroatoms. The van der Waals surface area contributed by atoms with Gasteiger partial charge in [-0.05, 0) is 13.8 Å². The Morgan fingerprint density at radius 1 is 1.26 bits per heavy atom. The second-order valence-electron chi connectivity index (χ2n) is 4.57. The van der Waals surface area contributed by atoms with E-state index in [1.807, 2.05) is 26.0 Å². The molecule has 0 radical (unpaired) electrons. The fourth-order valence-electron chi connectivity index (χ4n) is 2.13. The van der Waals surface area contributed by atoms with Crippen LogP contribution in [0.15, 0.2) is 28.7 Å². The number of H-pyrrole nitrogens is 1. The fraction of sp³-hybridized carbons (Fsp3) is 0.143. The number of hydrogen-bond acceptors (Lipinski definition) is 4. The lowest BCUT2D eigenvalue weighted by Crippen LogP contribution is -2.03. The number of fused-ring (bicyclic) bond motifs is 1. The maximum Gasteiger partial charge on any atom is 0.248 e. The lowest BCUT2D eigenvalue weighted by molar-refractivity contribution is 0.104. The summed E-state index contributed by atoms with van der Waals surface area (Å²) >= 11 is 0. The second-order valence-corrected chi connectivity index (χ2v) is 4.57. The van der Waals surface area contributed by atoms with E-state index >= 15 is 0 Å². The standard InChI is InChI=1S/C14H13N3O2/c1-7-3-5-9(6-4-7)12(18)11-10-8(2)16-17-14(10)19-13(11)15/h3-6H,15H2,1-2H3,(H,16,17). The van der Waals surface area contributed by atoms with Crippen molar-refractivity contribution in [2.45, 2.75) is 13.8 Å². The molecule has 0 spiro atoms. The number of nitrogen functional groups attached to an aromatic ring is 1. The largest absolute Gasteiger partial charge is 0.420 e. The molecule has 0 atom stereocenters. The Balaban J connectivity index is 2.18. The van der Waals surface area contributed by atoms with E-state index in [1.54, 1.807) is 12.1 Å². The van der Waals surface area contributed by atoms with Gasteiger partial charge >= 0.3 is 0 Å². The lowest BCUT2D eigenvalue weighted by atomic mass is 10.0. The number of carbonyl (C=O) groups excluding carboxylic acids is 1. The van der Waals surface area contributed by atoms with Crippen molar-refractivity contribution in [3.63, 3.8) is 0 Å². The Labute approximate surface area is 109 Å². The number of nitrogens with two attached hydrogens (primary N) is 1. The Hall–Kier alpha value is -2.56. The highest BCUT2D eigenvalue weighted by molar-refractivity contribution is 6.19. The van der Waals surface area contributed by atoms with Crippen LogP contribution in [0.1, 0.15) is 27.2 Å². The highest BCUT2D eigenvalue weighted by Crippen LogP contribution is 2.30. The van der Waals surface area contributed by atoms with E-state index in [1.165, 1.54) is 0 Å². The van der Waals surface area contributed by atoms with Crippen molar-refractivity contribution in [3.05, 3.63) is 46.6 Å². The molecule has 2 heterocycles. The van der Waals surface area contributed by atoms with Crippen LogP contribution in [0.5, 0.6) is 0 Å². The van der Waals surface area contributed by atoms with Crippen LogP contribution in [-0.2, 0) is 0 Å². The van der Waals surface area contributed by atoms with Crippen molar-refractivity contribution in [3.8, 4) is 0 Å². The van der Waals surface area contributed by atoms with Crippen LogP contribution in [0, 0.1) is 13.8 Å². The van der Waals surface area contributed by atoms with Gasteiger partial charge in [0.25, 0.3) is 0 Å². The summed E-state index contributed by atoms with van der Waals surface area (Å²) in [4.78, 5) is 12.5. The monoisotopic (exact) mass is 255 g/mol. The lowest BCUT2D eigenvalue weighted by Gasteiger charge is -2.01. The molecule has 19 heavy (non-hydrogen) atoms. The van der Waals surface area contributed by atoms with E-state index in [0.717, 1.165) is 11.3 Å². The number of aromatic amines is 1.